The van der Waals surface area contributed by atoms with Gasteiger partial charge in [-0.2, -0.15) is 10.2 Å². The topological polar surface area (TPSA) is 61.7 Å². The van der Waals surface area contributed by atoms with E-state index in [0.717, 1.165) is 17.0 Å². The average Bonchev–Trinajstić information content (AvgIpc) is 2.59. The van der Waals surface area contributed by atoms with E-state index < -0.39 is 0 Å². The highest BCUT2D eigenvalue weighted by Gasteiger charge is 2.18. The lowest BCUT2D eigenvalue weighted by molar-refractivity contribution is 0.757. The van der Waals surface area contributed by atoms with Crippen LogP contribution in [0.15, 0.2) is 6.20 Å². The normalized spacial score (nSPS) is 10.9. The first kappa shape index (κ1) is 10.0. The number of nitrogens with two attached hydrogens (primary N) is 1. The van der Waals surface area contributed by atoms with Crippen molar-refractivity contribution in [1.29, 1.82) is 0 Å². The SMILES string of the molecule is Cc1nn(C)c(Cl)c1-c1c(N)cnn1C. The molecule has 2 aromatic heterocycles. The van der Waals surface area contributed by atoms with E-state index in [0.29, 0.717) is 10.8 Å². The Morgan fingerprint density at radius 3 is 2.40 bits per heavy atom. The quantitative estimate of drug-likeness (QED) is 0.797. The largest absolute Gasteiger partial charge is 0.396 e. The van der Waals surface area contributed by atoms with Gasteiger partial charge < -0.3 is 5.73 Å². The van der Waals surface area contributed by atoms with E-state index in [1.54, 1.807) is 22.6 Å². The van der Waals surface area contributed by atoms with Gasteiger partial charge in [0.15, 0.2) is 0 Å². The van der Waals surface area contributed by atoms with Crippen molar-refractivity contribution in [2.45, 2.75) is 6.92 Å². The Morgan fingerprint density at radius 2 is 2.00 bits per heavy atom. The van der Waals surface area contributed by atoms with Crippen LogP contribution in [-0.4, -0.2) is 19.6 Å². The molecule has 80 valence electrons. The Balaban J connectivity index is 2.74. The van der Waals surface area contributed by atoms with Gasteiger partial charge in [-0.3, -0.25) is 9.36 Å². The molecule has 2 heterocycles. The standard InChI is InChI=1S/C9H12ClN5/c1-5-7(9(10)15(3)13-5)8-6(11)4-12-14(8)2/h4H,11H2,1-3H3. The summed E-state index contributed by atoms with van der Waals surface area (Å²) in [4.78, 5) is 0. The predicted molar refractivity (Wildman–Crippen MR) is 59.6 cm³/mol. The lowest BCUT2D eigenvalue weighted by atomic mass is 10.2. The van der Waals surface area contributed by atoms with Gasteiger partial charge in [0.1, 0.15) is 5.15 Å². The van der Waals surface area contributed by atoms with Crippen molar-refractivity contribution in [2.75, 3.05) is 5.73 Å². The molecule has 0 bridgehead atoms. The predicted octanol–water partition coefficient (Wildman–Crippen LogP) is 1.36. The van der Waals surface area contributed by atoms with Crippen molar-refractivity contribution < 1.29 is 0 Å². The second-order valence-corrected chi connectivity index (χ2v) is 3.80. The molecule has 0 aliphatic carbocycles. The fourth-order valence-electron chi connectivity index (χ4n) is 1.66. The first-order chi connectivity index (χ1) is 7.02. The summed E-state index contributed by atoms with van der Waals surface area (Å²) in [5.74, 6) is 0. The number of halogens is 1. The van der Waals surface area contributed by atoms with E-state index in [1.807, 2.05) is 14.0 Å². The zero-order chi connectivity index (χ0) is 11.2. The summed E-state index contributed by atoms with van der Waals surface area (Å²) in [6.45, 7) is 1.90. The average molecular weight is 226 g/mol. The Morgan fingerprint density at radius 1 is 1.33 bits per heavy atom. The zero-order valence-corrected chi connectivity index (χ0v) is 9.58. The smallest absolute Gasteiger partial charge is 0.136 e. The monoisotopic (exact) mass is 225 g/mol. The van der Waals surface area contributed by atoms with Gasteiger partial charge in [0.2, 0.25) is 0 Å². The molecule has 0 aromatic carbocycles. The number of hydrogen-bond acceptors (Lipinski definition) is 3. The molecule has 2 rings (SSSR count). The summed E-state index contributed by atoms with van der Waals surface area (Å²) < 4.78 is 3.32. The molecule has 0 saturated carbocycles. The molecule has 0 aliphatic heterocycles. The molecular weight excluding hydrogens is 214 g/mol. The van der Waals surface area contributed by atoms with E-state index >= 15 is 0 Å². The van der Waals surface area contributed by atoms with Crippen molar-refractivity contribution >= 4 is 17.3 Å². The third-order valence-electron chi connectivity index (χ3n) is 2.36. The van der Waals surface area contributed by atoms with Crippen molar-refractivity contribution in [2.24, 2.45) is 14.1 Å². The first-order valence-corrected chi connectivity index (χ1v) is 4.87. The number of hydrogen-bond donors (Lipinski definition) is 1. The Bertz CT molecular complexity index is 491. The number of rotatable bonds is 1. The van der Waals surface area contributed by atoms with Crippen LogP contribution in [0.5, 0.6) is 0 Å². The van der Waals surface area contributed by atoms with Crippen LogP contribution in [0.3, 0.4) is 0 Å². The molecular formula is C9H12ClN5. The van der Waals surface area contributed by atoms with Crippen LogP contribution in [0.25, 0.3) is 11.3 Å². The molecule has 0 fully saturated rings. The summed E-state index contributed by atoms with van der Waals surface area (Å²) in [5, 5.41) is 8.89. The van der Waals surface area contributed by atoms with E-state index in [-0.39, 0.29) is 0 Å². The Labute approximate surface area is 92.4 Å². The van der Waals surface area contributed by atoms with Crippen LogP contribution in [0.2, 0.25) is 5.15 Å². The molecule has 0 spiro atoms. The maximum absolute atomic E-state index is 6.15. The van der Waals surface area contributed by atoms with Gasteiger partial charge >= 0.3 is 0 Å². The first-order valence-electron chi connectivity index (χ1n) is 4.49. The van der Waals surface area contributed by atoms with Gasteiger partial charge in [-0.25, -0.2) is 0 Å². The molecule has 0 aliphatic rings. The summed E-state index contributed by atoms with van der Waals surface area (Å²) in [7, 11) is 3.62. The maximum atomic E-state index is 6.15. The third kappa shape index (κ3) is 1.39. The lowest BCUT2D eigenvalue weighted by Crippen LogP contribution is -1.97. The van der Waals surface area contributed by atoms with Crippen molar-refractivity contribution in [3.8, 4) is 11.3 Å². The van der Waals surface area contributed by atoms with Crippen LogP contribution in [0.4, 0.5) is 5.69 Å². The minimum atomic E-state index is 0.572. The number of nitrogens with zero attached hydrogens (tertiary/aromatic N) is 4. The van der Waals surface area contributed by atoms with Crippen molar-refractivity contribution in [1.82, 2.24) is 19.6 Å². The van der Waals surface area contributed by atoms with Gasteiger partial charge in [0.05, 0.1) is 28.8 Å². The maximum Gasteiger partial charge on any atom is 0.136 e. The van der Waals surface area contributed by atoms with Gasteiger partial charge in [0, 0.05) is 14.1 Å². The summed E-state index contributed by atoms with van der Waals surface area (Å²) in [5.41, 5.74) is 8.95. The highest BCUT2D eigenvalue weighted by molar-refractivity contribution is 6.32. The van der Waals surface area contributed by atoms with Gasteiger partial charge in [-0.15, -0.1) is 0 Å². The van der Waals surface area contributed by atoms with E-state index in [9.17, 15) is 0 Å². The fraction of sp³-hybridized carbons (Fsp3) is 0.333. The Kier molecular flexibility index (Phi) is 2.19. The second kappa shape index (κ2) is 3.27. The molecule has 0 amide bonds. The molecule has 5 nitrogen and oxygen atoms in total. The highest BCUT2D eigenvalue weighted by Crippen LogP contribution is 2.33. The second-order valence-electron chi connectivity index (χ2n) is 3.45. The van der Waals surface area contributed by atoms with Crippen LogP contribution < -0.4 is 5.73 Å². The molecule has 0 atom stereocenters. The van der Waals surface area contributed by atoms with Gasteiger partial charge in [0.25, 0.3) is 0 Å². The molecule has 2 aromatic rings. The molecule has 6 heteroatoms. The molecule has 0 radical (unpaired) electrons. The number of aryl methyl sites for hydroxylation is 3. The number of anilines is 1. The third-order valence-corrected chi connectivity index (χ3v) is 2.79. The summed E-state index contributed by atoms with van der Waals surface area (Å²) >= 11 is 6.15. The molecule has 0 saturated heterocycles. The summed E-state index contributed by atoms with van der Waals surface area (Å²) in [6.07, 6.45) is 1.61. The van der Waals surface area contributed by atoms with Crippen molar-refractivity contribution in [3.05, 3.63) is 17.0 Å². The van der Waals surface area contributed by atoms with E-state index in [4.69, 9.17) is 17.3 Å². The van der Waals surface area contributed by atoms with Gasteiger partial charge in [-0.05, 0) is 6.92 Å². The highest BCUT2D eigenvalue weighted by atomic mass is 35.5. The van der Waals surface area contributed by atoms with Crippen LogP contribution in [0, 0.1) is 6.92 Å². The minimum Gasteiger partial charge on any atom is -0.396 e. The van der Waals surface area contributed by atoms with E-state index in [1.165, 1.54) is 0 Å². The summed E-state index contributed by atoms with van der Waals surface area (Å²) in [6, 6.07) is 0. The number of nitrogen functional groups attached to an aromatic ring is 1. The minimum absolute atomic E-state index is 0.572. The van der Waals surface area contributed by atoms with E-state index in [2.05, 4.69) is 10.2 Å². The molecule has 15 heavy (non-hydrogen) atoms. The zero-order valence-electron chi connectivity index (χ0n) is 8.82. The number of aromatic nitrogens is 4. The van der Waals surface area contributed by atoms with Crippen molar-refractivity contribution in [3.63, 3.8) is 0 Å². The van der Waals surface area contributed by atoms with Gasteiger partial charge in [-0.1, -0.05) is 11.6 Å². The fourth-order valence-corrected chi connectivity index (χ4v) is 1.92. The lowest BCUT2D eigenvalue weighted by Gasteiger charge is -2.02. The van der Waals surface area contributed by atoms with Crippen LogP contribution in [-0.2, 0) is 14.1 Å². The Hall–Kier alpha value is -1.49. The van der Waals surface area contributed by atoms with Crippen LogP contribution >= 0.6 is 11.6 Å². The molecule has 0 unspecified atom stereocenters. The molecule has 2 N–H and O–H groups in total. The van der Waals surface area contributed by atoms with Crippen LogP contribution in [0.1, 0.15) is 5.69 Å².